The highest BCUT2D eigenvalue weighted by Crippen LogP contribution is 2.49. The lowest BCUT2D eigenvalue weighted by Crippen LogP contribution is -2.60. The number of nitro groups is 1. The van der Waals surface area contributed by atoms with Crippen LogP contribution in [0.15, 0.2) is 18.2 Å². The molecule has 0 radical (unpaired) electrons. The molecule has 1 aliphatic rings. The first-order valence-electron chi connectivity index (χ1n) is 7.41. The molecule has 2 N–H and O–H groups in total. The first-order chi connectivity index (χ1) is 10.9. The maximum absolute atomic E-state index is 14.7. The normalized spacial score (nSPS) is 22.3. The van der Waals surface area contributed by atoms with Crippen molar-refractivity contribution in [1.29, 1.82) is 0 Å². The second-order valence-corrected chi connectivity index (χ2v) is 8.82. The number of alkyl halides is 2. The molecular formula is C15H20F2N2O4S. The Hall–Kier alpha value is -1.29. The third kappa shape index (κ3) is 3.13. The molecule has 0 aromatic heterocycles. The van der Waals surface area contributed by atoms with Gasteiger partial charge in [0.2, 0.25) is 0 Å². The number of nitrogens with zero attached hydrogens (tertiary/aromatic N) is 1. The zero-order valence-electron chi connectivity index (χ0n) is 13.6. The molecule has 0 saturated heterocycles. The molecule has 0 fully saturated rings. The smallest absolute Gasteiger partial charge is 0.296 e. The minimum absolute atomic E-state index is 0.0216. The van der Waals surface area contributed by atoms with E-state index in [0.29, 0.717) is 5.56 Å². The minimum Gasteiger partial charge on any atom is -0.598 e. The lowest BCUT2D eigenvalue weighted by molar-refractivity contribution is -0.385. The fraction of sp³-hybridized carbons (Fsp3) is 0.600. The van der Waals surface area contributed by atoms with E-state index in [-0.39, 0.29) is 24.1 Å². The van der Waals surface area contributed by atoms with E-state index in [9.17, 15) is 28.6 Å². The predicted molar refractivity (Wildman–Crippen MR) is 86.2 cm³/mol. The number of aryl methyl sites for hydroxylation is 1. The number of hydrogen-bond donors (Lipinski definition) is 2. The topological polar surface area (TPSA) is 98.5 Å². The van der Waals surface area contributed by atoms with Crippen LogP contribution in [0.5, 0.6) is 0 Å². The molecule has 1 aromatic rings. The van der Waals surface area contributed by atoms with Crippen LogP contribution in [-0.4, -0.2) is 31.9 Å². The van der Waals surface area contributed by atoms with Crippen LogP contribution in [0.3, 0.4) is 0 Å². The second kappa shape index (κ2) is 6.21. The van der Waals surface area contributed by atoms with E-state index in [2.05, 4.69) is 4.72 Å². The summed E-state index contributed by atoms with van der Waals surface area (Å²) in [6.07, 6.45) is 0.135. The van der Waals surface area contributed by atoms with Gasteiger partial charge in [-0.15, -0.1) is 4.72 Å². The second-order valence-electron chi connectivity index (χ2n) is 6.85. The van der Waals surface area contributed by atoms with Crippen LogP contribution in [0.4, 0.5) is 14.5 Å². The Kier molecular flexibility index (Phi) is 4.93. The lowest BCUT2D eigenvalue weighted by atomic mass is 9.86. The summed E-state index contributed by atoms with van der Waals surface area (Å²) in [4.78, 5) is 10.3. The molecule has 0 amide bonds. The molecule has 0 spiro atoms. The van der Waals surface area contributed by atoms with Gasteiger partial charge in [0.05, 0.1) is 4.92 Å². The molecule has 1 aliphatic carbocycles. The molecule has 2 atom stereocenters. The number of nitro benzene ring substituents is 1. The molecule has 24 heavy (non-hydrogen) atoms. The zero-order chi connectivity index (χ0) is 18.3. The fourth-order valence-corrected chi connectivity index (χ4v) is 3.74. The van der Waals surface area contributed by atoms with Gasteiger partial charge in [-0.05, 0) is 44.7 Å². The first kappa shape index (κ1) is 19.0. The van der Waals surface area contributed by atoms with Gasteiger partial charge in [0, 0.05) is 23.5 Å². The van der Waals surface area contributed by atoms with Crippen molar-refractivity contribution in [3.8, 4) is 0 Å². The highest BCUT2D eigenvalue weighted by Gasteiger charge is 2.61. The Morgan fingerprint density at radius 2 is 2.04 bits per heavy atom. The van der Waals surface area contributed by atoms with Gasteiger partial charge in [0.15, 0.2) is 5.54 Å². The largest absolute Gasteiger partial charge is 0.598 e. The Morgan fingerprint density at radius 1 is 1.42 bits per heavy atom. The molecule has 1 unspecified atom stereocenters. The number of benzene rings is 1. The summed E-state index contributed by atoms with van der Waals surface area (Å²) >= 11 is -1.85. The van der Waals surface area contributed by atoms with Gasteiger partial charge < -0.3 is 9.66 Å². The van der Waals surface area contributed by atoms with Crippen molar-refractivity contribution in [1.82, 2.24) is 4.72 Å². The van der Waals surface area contributed by atoms with Gasteiger partial charge in [-0.25, -0.2) is 8.78 Å². The number of halogens is 2. The molecule has 2 rings (SSSR count). The third-order valence-corrected chi connectivity index (χ3v) is 5.83. The van der Waals surface area contributed by atoms with Crippen molar-refractivity contribution in [3.05, 3.63) is 39.4 Å². The molecule has 6 nitrogen and oxygen atoms in total. The Morgan fingerprint density at radius 3 is 2.54 bits per heavy atom. The SMILES string of the molecule is CC(C)(C)[S+]([O-])N[C@]1(C(F)(F)CO)CCc2ccc([N+](=O)[O-])cc21. The number of hydrogen-bond acceptors (Lipinski definition) is 5. The van der Waals surface area contributed by atoms with Gasteiger partial charge in [-0.1, -0.05) is 6.07 Å². The van der Waals surface area contributed by atoms with Crippen LogP contribution in [0.1, 0.15) is 38.3 Å². The monoisotopic (exact) mass is 362 g/mol. The maximum Gasteiger partial charge on any atom is 0.296 e. The predicted octanol–water partition coefficient (Wildman–Crippen LogP) is 2.42. The standard InChI is InChI=1S/C15H20F2N2O4S/c1-13(2,3)24(23)18-14(15(16,17)9-20)7-6-10-4-5-11(19(21)22)8-12(10)14/h4-5,8,18,20H,6-7,9H2,1-3H3/t14-,24?/m1/s1. The number of rotatable bonds is 5. The van der Waals surface area contributed by atoms with Crippen molar-refractivity contribution in [2.45, 2.75) is 49.8 Å². The van der Waals surface area contributed by atoms with Crippen LogP contribution in [0.2, 0.25) is 0 Å². The Labute approximate surface area is 141 Å². The molecule has 0 heterocycles. The lowest BCUT2D eigenvalue weighted by Gasteiger charge is -2.39. The van der Waals surface area contributed by atoms with E-state index < -0.39 is 39.1 Å². The summed E-state index contributed by atoms with van der Waals surface area (Å²) in [7, 11) is 0. The summed E-state index contributed by atoms with van der Waals surface area (Å²) < 4.78 is 43.4. The van der Waals surface area contributed by atoms with E-state index in [0.717, 1.165) is 6.07 Å². The summed E-state index contributed by atoms with van der Waals surface area (Å²) in [6.45, 7) is 3.43. The maximum atomic E-state index is 14.7. The van der Waals surface area contributed by atoms with E-state index in [1.54, 1.807) is 20.8 Å². The molecule has 0 saturated carbocycles. The number of aliphatic hydroxyl groups excluding tert-OH is 1. The van der Waals surface area contributed by atoms with Crippen molar-refractivity contribution >= 4 is 17.0 Å². The highest BCUT2D eigenvalue weighted by atomic mass is 32.2. The van der Waals surface area contributed by atoms with Crippen molar-refractivity contribution in [2.75, 3.05) is 6.61 Å². The fourth-order valence-electron chi connectivity index (χ4n) is 2.76. The summed E-state index contributed by atoms with van der Waals surface area (Å²) in [5, 5.41) is 20.2. The van der Waals surface area contributed by atoms with Crippen LogP contribution in [0, 0.1) is 10.1 Å². The van der Waals surface area contributed by atoms with E-state index >= 15 is 0 Å². The van der Waals surface area contributed by atoms with E-state index in [1.165, 1.54) is 12.1 Å². The van der Waals surface area contributed by atoms with Gasteiger partial charge >= 0.3 is 0 Å². The van der Waals surface area contributed by atoms with Crippen LogP contribution >= 0.6 is 0 Å². The summed E-state index contributed by atoms with van der Waals surface area (Å²) in [5.74, 6) is -3.63. The minimum atomic E-state index is -3.63. The molecular weight excluding hydrogens is 342 g/mol. The van der Waals surface area contributed by atoms with E-state index in [4.69, 9.17) is 0 Å². The summed E-state index contributed by atoms with van der Waals surface area (Å²) in [5.41, 5.74) is -1.89. The van der Waals surface area contributed by atoms with Gasteiger partial charge in [0.1, 0.15) is 11.4 Å². The molecule has 0 aliphatic heterocycles. The number of non-ortho nitro benzene ring substituents is 1. The average molecular weight is 362 g/mol. The zero-order valence-corrected chi connectivity index (χ0v) is 14.5. The number of aliphatic hydroxyl groups is 1. The van der Waals surface area contributed by atoms with Gasteiger partial charge in [-0.3, -0.25) is 10.1 Å². The van der Waals surface area contributed by atoms with Crippen molar-refractivity contribution < 1.29 is 23.4 Å². The van der Waals surface area contributed by atoms with Crippen LogP contribution < -0.4 is 4.72 Å². The Balaban J connectivity index is 2.60. The molecule has 0 bridgehead atoms. The van der Waals surface area contributed by atoms with Crippen LogP contribution in [0.25, 0.3) is 0 Å². The van der Waals surface area contributed by atoms with Crippen LogP contribution in [-0.2, 0) is 23.3 Å². The molecule has 134 valence electrons. The first-order valence-corrected chi connectivity index (χ1v) is 8.56. The van der Waals surface area contributed by atoms with Crippen molar-refractivity contribution in [2.24, 2.45) is 0 Å². The number of fused-ring (bicyclic) bond motifs is 1. The highest BCUT2D eigenvalue weighted by molar-refractivity contribution is 7.90. The summed E-state index contributed by atoms with van der Waals surface area (Å²) in [6, 6.07) is 3.77. The van der Waals surface area contributed by atoms with Gasteiger partial charge in [-0.2, -0.15) is 0 Å². The molecule has 9 heteroatoms. The quantitative estimate of drug-likeness (QED) is 0.476. The average Bonchev–Trinajstić information content (AvgIpc) is 2.86. The van der Waals surface area contributed by atoms with Gasteiger partial charge in [0.25, 0.3) is 11.6 Å². The molecule has 1 aromatic carbocycles. The third-order valence-electron chi connectivity index (χ3n) is 4.18. The van der Waals surface area contributed by atoms with E-state index in [1.807, 2.05) is 0 Å². The van der Waals surface area contributed by atoms with Crippen molar-refractivity contribution in [3.63, 3.8) is 0 Å². The Bertz CT molecular complexity index is 651. The number of nitrogens with one attached hydrogen (secondary N) is 1.